The first-order chi connectivity index (χ1) is 22.9. The highest BCUT2D eigenvalue weighted by Gasteiger charge is 2.41. The van der Waals surface area contributed by atoms with Gasteiger partial charge in [0.15, 0.2) is 0 Å². The number of nitrogens with zero attached hydrogens (tertiary/aromatic N) is 7. The Morgan fingerprint density at radius 1 is 1.06 bits per heavy atom. The minimum Gasteiger partial charge on any atom is -0.488 e. The van der Waals surface area contributed by atoms with Crippen molar-refractivity contribution in [1.29, 1.82) is 0 Å². The molecule has 0 bridgehead atoms. The molecule has 48 heavy (non-hydrogen) atoms. The monoisotopic (exact) mass is 668 g/mol. The number of rotatable bonds is 9. The number of nitrogens with one attached hydrogen (secondary N) is 1. The van der Waals surface area contributed by atoms with Crippen LogP contribution in [0.15, 0.2) is 72.4 Å². The third kappa shape index (κ3) is 6.03. The lowest BCUT2D eigenvalue weighted by Gasteiger charge is -2.35. The fraction of sp³-hybridized carbons (Fsp3) is 0.371. The maximum atomic E-state index is 14.1. The second kappa shape index (κ2) is 13.0. The molecule has 2 atom stereocenters. The van der Waals surface area contributed by atoms with Gasteiger partial charge in [-0.3, -0.25) is 9.78 Å². The number of carbonyl (C=O) groups excluding carboxylic acids is 1. The number of hydrogen-bond acceptors (Lipinski definition) is 9. The second-order valence-electron chi connectivity index (χ2n) is 12.7. The van der Waals surface area contributed by atoms with Gasteiger partial charge in [-0.1, -0.05) is 50.3 Å². The van der Waals surface area contributed by atoms with Gasteiger partial charge in [-0.2, -0.15) is 4.31 Å². The van der Waals surface area contributed by atoms with Crippen LogP contribution in [0.4, 0.5) is 5.69 Å². The Bertz CT molecular complexity index is 2080. The molecular formula is C35H40N8O4S. The molecule has 2 aromatic carbocycles. The molecule has 1 unspecified atom stereocenters. The Morgan fingerprint density at radius 3 is 2.56 bits per heavy atom. The molecular weight excluding hydrogens is 629 g/mol. The van der Waals surface area contributed by atoms with Gasteiger partial charge in [0.25, 0.3) is 0 Å². The minimum atomic E-state index is -3.92. The van der Waals surface area contributed by atoms with Crippen LogP contribution in [0.1, 0.15) is 67.9 Å². The van der Waals surface area contributed by atoms with Crippen molar-refractivity contribution in [2.24, 2.45) is 5.41 Å². The molecule has 12 nitrogen and oxygen atoms in total. The zero-order chi connectivity index (χ0) is 34.2. The van der Waals surface area contributed by atoms with E-state index in [-0.39, 0.29) is 30.0 Å². The van der Waals surface area contributed by atoms with Gasteiger partial charge in [0, 0.05) is 25.2 Å². The number of ether oxygens (including phenoxy) is 1. The van der Waals surface area contributed by atoms with Crippen LogP contribution in [0.3, 0.4) is 0 Å². The molecule has 3 aromatic heterocycles. The van der Waals surface area contributed by atoms with E-state index in [1.54, 1.807) is 18.5 Å². The van der Waals surface area contributed by atoms with Crippen LogP contribution in [-0.2, 0) is 27.9 Å². The Hall–Kier alpha value is -4.75. The van der Waals surface area contributed by atoms with Crippen molar-refractivity contribution in [2.45, 2.75) is 78.0 Å². The fourth-order valence-electron chi connectivity index (χ4n) is 6.43. The zero-order valence-corrected chi connectivity index (χ0v) is 28.8. The van der Waals surface area contributed by atoms with Crippen molar-refractivity contribution in [1.82, 2.24) is 34.3 Å². The fourth-order valence-corrected chi connectivity index (χ4v) is 7.95. The number of anilines is 1. The third-order valence-electron chi connectivity index (χ3n) is 9.29. The first kappa shape index (κ1) is 33.2. The molecule has 4 heterocycles. The van der Waals surface area contributed by atoms with Crippen molar-refractivity contribution in [2.75, 3.05) is 11.9 Å². The first-order valence-corrected chi connectivity index (χ1v) is 17.5. The van der Waals surface area contributed by atoms with E-state index >= 15 is 0 Å². The van der Waals surface area contributed by atoms with E-state index in [1.165, 1.54) is 23.0 Å². The number of amides is 1. The summed E-state index contributed by atoms with van der Waals surface area (Å²) in [6.45, 7) is 12.8. The predicted molar refractivity (Wildman–Crippen MR) is 182 cm³/mol. The molecule has 1 aliphatic rings. The van der Waals surface area contributed by atoms with Crippen LogP contribution >= 0.6 is 0 Å². The van der Waals surface area contributed by atoms with Gasteiger partial charge in [-0.05, 0) is 67.1 Å². The van der Waals surface area contributed by atoms with Crippen molar-refractivity contribution in [3.63, 3.8) is 0 Å². The van der Waals surface area contributed by atoms with Gasteiger partial charge < -0.3 is 10.1 Å². The van der Waals surface area contributed by atoms with Gasteiger partial charge in [-0.15, -0.1) is 5.10 Å². The smallest absolute Gasteiger partial charge is 0.248 e. The maximum Gasteiger partial charge on any atom is 0.248 e. The highest BCUT2D eigenvalue weighted by atomic mass is 32.2. The first-order valence-electron chi connectivity index (χ1n) is 16.0. The standard InChI is InChI=1S/C35H40N8O4S/c1-7-27-20-42(48(45,46)31-18-36-14-13-30(31)47-27)19-25-15-24(10-9-22(25)3)32(35(5,6)34(44)39-26-16-37-21-38-17-26)28-11-12-29-33(23(28)4)40-41-43(29)8-2/h9-18,21,27,32H,7-8,19-20H2,1-6H3,(H,39,44)/t27-,32?/m1/s1. The number of carbonyl (C=O) groups is 1. The van der Waals surface area contributed by atoms with Crippen molar-refractivity contribution < 1.29 is 17.9 Å². The molecule has 0 fully saturated rings. The molecule has 0 radical (unpaired) electrons. The molecule has 1 aliphatic heterocycles. The second-order valence-corrected chi connectivity index (χ2v) is 14.6. The van der Waals surface area contributed by atoms with Gasteiger partial charge in [-0.25, -0.2) is 23.1 Å². The number of sulfonamides is 1. The van der Waals surface area contributed by atoms with E-state index in [0.717, 1.165) is 38.9 Å². The van der Waals surface area contributed by atoms with Crippen molar-refractivity contribution >= 4 is 32.7 Å². The Kier molecular flexibility index (Phi) is 9.01. The van der Waals surface area contributed by atoms with E-state index in [1.807, 2.05) is 76.6 Å². The summed E-state index contributed by atoms with van der Waals surface area (Å²) in [6.07, 6.45) is 7.72. The molecule has 0 saturated heterocycles. The summed E-state index contributed by atoms with van der Waals surface area (Å²) in [5, 5.41) is 11.8. The van der Waals surface area contributed by atoms with Gasteiger partial charge in [0.05, 0.1) is 41.8 Å². The van der Waals surface area contributed by atoms with Gasteiger partial charge >= 0.3 is 0 Å². The van der Waals surface area contributed by atoms with E-state index in [9.17, 15) is 13.2 Å². The van der Waals surface area contributed by atoms with Crippen LogP contribution in [-0.4, -0.2) is 61.2 Å². The molecule has 1 amide bonds. The molecule has 1 N–H and O–H groups in total. The molecule has 250 valence electrons. The van der Waals surface area contributed by atoms with Crippen molar-refractivity contribution in [3.05, 3.63) is 95.3 Å². The SMILES string of the molecule is CC[C@@H]1CN(Cc2cc(C(c3ccc4c(nnn4CC)c3C)C(C)(C)C(=O)Nc3cncnc3)ccc2C)S(=O)(=O)c2cnccc2O1. The number of aromatic nitrogens is 6. The number of hydrogen-bond donors (Lipinski definition) is 1. The van der Waals surface area contributed by atoms with E-state index in [2.05, 4.69) is 30.6 Å². The minimum absolute atomic E-state index is 0.0550. The Labute approximate surface area is 280 Å². The third-order valence-corrected chi connectivity index (χ3v) is 11.1. The highest BCUT2D eigenvalue weighted by molar-refractivity contribution is 7.89. The summed E-state index contributed by atoms with van der Waals surface area (Å²) in [7, 11) is -3.92. The largest absolute Gasteiger partial charge is 0.488 e. The maximum absolute atomic E-state index is 14.1. The van der Waals surface area contributed by atoms with Crippen molar-refractivity contribution in [3.8, 4) is 5.75 Å². The van der Waals surface area contributed by atoms with E-state index < -0.39 is 21.4 Å². The molecule has 6 rings (SSSR count). The van der Waals surface area contributed by atoms with Crippen LogP contribution in [0.5, 0.6) is 5.75 Å². The van der Waals surface area contributed by atoms with E-state index in [0.29, 0.717) is 24.4 Å². The lowest BCUT2D eigenvalue weighted by molar-refractivity contribution is -0.124. The average molecular weight is 669 g/mol. The Morgan fingerprint density at radius 2 is 1.83 bits per heavy atom. The molecule has 13 heteroatoms. The van der Waals surface area contributed by atoms with Gasteiger partial charge in [0.2, 0.25) is 15.9 Å². The lowest BCUT2D eigenvalue weighted by Crippen LogP contribution is -2.38. The average Bonchev–Trinajstić information content (AvgIpc) is 3.46. The highest BCUT2D eigenvalue weighted by Crippen LogP contribution is 2.45. The van der Waals surface area contributed by atoms with Crippen LogP contribution in [0.2, 0.25) is 0 Å². The summed E-state index contributed by atoms with van der Waals surface area (Å²) in [5.74, 6) is -0.356. The number of aryl methyl sites for hydroxylation is 3. The van der Waals surface area contributed by atoms with Crippen LogP contribution in [0, 0.1) is 19.3 Å². The summed E-state index contributed by atoms with van der Waals surface area (Å²) in [4.78, 5) is 26.4. The van der Waals surface area contributed by atoms with Crippen LogP contribution < -0.4 is 10.1 Å². The summed E-state index contributed by atoms with van der Waals surface area (Å²) in [6, 6.07) is 11.7. The summed E-state index contributed by atoms with van der Waals surface area (Å²) >= 11 is 0. The van der Waals surface area contributed by atoms with Crippen LogP contribution in [0.25, 0.3) is 11.0 Å². The number of benzene rings is 2. The van der Waals surface area contributed by atoms with Gasteiger partial charge in [0.1, 0.15) is 28.6 Å². The molecule has 5 aromatic rings. The zero-order valence-electron chi connectivity index (χ0n) is 28.0. The lowest BCUT2D eigenvalue weighted by atomic mass is 9.69. The quantitative estimate of drug-likeness (QED) is 0.218. The number of pyridine rings is 1. The number of fused-ring (bicyclic) bond motifs is 2. The molecule has 0 aliphatic carbocycles. The topological polar surface area (TPSA) is 145 Å². The molecule has 0 saturated carbocycles. The predicted octanol–water partition coefficient (Wildman–Crippen LogP) is 5.41. The summed E-state index contributed by atoms with van der Waals surface area (Å²) in [5.41, 5.74) is 5.64. The molecule has 0 spiro atoms. The normalized spacial score (nSPS) is 16.9. The Balaban J connectivity index is 1.46. The summed E-state index contributed by atoms with van der Waals surface area (Å²) < 4.78 is 37.4. The van der Waals surface area contributed by atoms with E-state index in [4.69, 9.17) is 4.74 Å².